The number of carboxylic acids is 1. The summed E-state index contributed by atoms with van der Waals surface area (Å²) in [6, 6.07) is 4.39. The van der Waals surface area contributed by atoms with Gasteiger partial charge in [-0.25, -0.2) is 4.79 Å². The second-order valence-corrected chi connectivity index (χ2v) is 6.57. The minimum Gasteiger partial charge on any atom is -0.479 e. The molecular formula is C20H26O9. The molecule has 1 aromatic rings. The van der Waals surface area contributed by atoms with E-state index in [-0.39, 0.29) is 12.4 Å². The fraction of sp³-hybridized carbons (Fsp3) is 0.550. The zero-order valence-electron chi connectivity index (χ0n) is 23.9. The van der Waals surface area contributed by atoms with E-state index in [1.807, 2.05) is 0 Å². The predicted octanol–water partition coefficient (Wildman–Crippen LogP) is 0.752. The molecular weight excluding hydrogens is 384 g/mol. The molecule has 0 amide bonds. The highest BCUT2D eigenvalue weighted by molar-refractivity contribution is 5.73. The third-order valence-electron chi connectivity index (χ3n) is 4.38. The van der Waals surface area contributed by atoms with Crippen molar-refractivity contribution in [2.24, 2.45) is 5.41 Å². The lowest BCUT2D eigenvalue weighted by atomic mass is 9.88. The zero-order chi connectivity index (χ0) is 28.8. The van der Waals surface area contributed by atoms with Crippen molar-refractivity contribution < 1.29 is 56.5 Å². The molecule has 2 aliphatic heterocycles. The van der Waals surface area contributed by atoms with Crippen LogP contribution >= 0.6 is 0 Å². The number of aliphatic hydroxyl groups excluding tert-OH is 3. The molecule has 3 rings (SSSR count). The zero-order valence-corrected chi connectivity index (χ0v) is 14.9. The van der Waals surface area contributed by atoms with Gasteiger partial charge in [-0.2, -0.15) is 0 Å². The molecule has 9 nitrogen and oxygen atoms in total. The Bertz CT molecular complexity index is 1020. The van der Waals surface area contributed by atoms with Crippen LogP contribution < -0.4 is 9.47 Å². The van der Waals surface area contributed by atoms with Crippen LogP contribution in [0.2, 0.25) is 0 Å². The third-order valence-corrected chi connectivity index (χ3v) is 4.38. The van der Waals surface area contributed by atoms with E-state index in [1.54, 1.807) is 0 Å². The molecule has 29 heavy (non-hydrogen) atoms. The van der Waals surface area contributed by atoms with Gasteiger partial charge in [0.25, 0.3) is 0 Å². The molecule has 0 spiro atoms. The molecule has 0 radical (unpaired) electrons. The molecule has 0 unspecified atom stereocenters. The number of benzene rings is 1. The molecule has 0 bridgehead atoms. The fourth-order valence-electron chi connectivity index (χ4n) is 2.82. The number of carbonyl (C=O) groups is 1. The van der Waals surface area contributed by atoms with Crippen LogP contribution in [-0.4, -0.2) is 70.0 Å². The number of ether oxygens (including phenoxy) is 4. The molecule has 0 aromatic heterocycles. The first-order chi connectivity index (χ1) is 17.3. The molecule has 4 N–H and O–H groups in total. The van der Waals surface area contributed by atoms with E-state index >= 15 is 0 Å². The van der Waals surface area contributed by atoms with Crippen LogP contribution in [0.5, 0.6) is 11.5 Å². The van der Waals surface area contributed by atoms with Gasteiger partial charge in [-0.1, -0.05) is 38.8 Å². The van der Waals surface area contributed by atoms with Crippen LogP contribution in [0.1, 0.15) is 38.5 Å². The van der Waals surface area contributed by atoms with E-state index in [9.17, 15) is 25.2 Å². The lowest BCUT2D eigenvalue weighted by molar-refractivity contribution is -0.306. The average molecular weight is 419 g/mol. The van der Waals surface area contributed by atoms with Crippen molar-refractivity contribution in [2.75, 3.05) is 6.79 Å². The van der Waals surface area contributed by atoms with Crippen molar-refractivity contribution in [3.8, 4) is 11.5 Å². The van der Waals surface area contributed by atoms with Crippen LogP contribution in [0.3, 0.4) is 0 Å². The normalized spacial score (nSPS) is 36.4. The third kappa shape index (κ3) is 4.71. The average Bonchev–Trinajstić information content (AvgIpc) is 3.22. The second-order valence-electron chi connectivity index (χ2n) is 6.57. The number of fused-ring (bicyclic) bond motifs is 1. The Kier molecular flexibility index (Phi) is 3.58. The Morgan fingerprint density at radius 3 is 2.62 bits per heavy atom. The Balaban J connectivity index is 2.15. The van der Waals surface area contributed by atoms with Crippen LogP contribution in [0.25, 0.3) is 6.08 Å². The Labute approximate surface area is 180 Å². The molecule has 9 heteroatoms. The lowest BCUT2D eigenvalue weighted by Crippen LogP contribution is -2.61. The summed E-state index contributed by atoms with van der Waals surface area (Å²) in [4.78, 5) is 11.5. The monoisotopic (exact) mass is 419 g/mol. The largest absolute Gasteiger partial charge is 0.479 e. The van der Waals surface area contributed by atoms with Crippen molar-refractivity contribution in [2.45, 2.75) is 57.4 Å². The fourth-order valence-corrected chi connectivity index (χ4v) is 2.82. The summed E-state index contributed by atoms with van der Waals surface area (Å²) in [7, 11) is 0. The lowest BCUT2D eigenvalue weighted by Gasteiger charge is -2.41. The molecule has 2 aliphatic rings. The summed E-state index contributed by atoms with van der Waals surface area (Å²) in [6.45, 7) is -11.3. The van der Waals surface area contributed by atoms with E-state index < -0.39 is 68.7 Å². The number of hydrogen-bond donors (Lipinski definition) is 4. The van der Waals surface area contributed by atoms with Crippen molar-refractivity contribution >= 4 is 12.0 Å². The maximum Gasteiger partial charge on any atom is 0.335 e. The van der Waals surface area contributed by atoms with Crippen LogP contribution in [0.4, 0.5) is 0 Å². The van der Waals surface area contributed by atoms with Gasteiger partial charge < -0.3 is 39.4 Å². The SMILES string of the molecule is [2H]C([2H])([2H])C([C@@H](/C=C/c1ccc2c(c1)OCO2)O[C@H]1O[C@H](C(=O)O)[C@@H](O)[C@H](O)[C@H]1O)(C([2H])([2H])[2H])C([2H])([2H])[2H]. The standard InChI is InChI=1S/C20H26O9/c1-20(2,3)13(7-5-10-4-6-11-12(8-10)27-9-26-11)28-19-16(23)14(21)15(22)17(29-19)18(24)25/h4-8,13-17,19,21-23H,9H2,1-3H3,(H,24,25)/b7-5+/t13-,14+,15+,16-,17+,19+/m1/s1/i1D3,2D3,3D3. The van der Waals surface area contributed by atoms with Gasteiger partial charge in [-0.15, -0.1) is 0 Å². The molecule has 160 valence electrons. The molecule has 0 saturated carbocycles. The van der Waals surface area contributed by atoms with Crippen molar-refractivity contribution in [3.63, 3.8) is 0 Å². The first kappa shape index (κ1) is 12.5. The maximum atomic E-state index is 11.5. The second kappa shape index (κ2) is 8.29. The number of aliphatic carboxylic acids is 1. The molecule has 1 fully saturated rings. The topological polar surface area (TPSA) is 135 Å². The summed E-state index contributed by atoms with van der Waals surface area (Å²) in [6.07, 6.45) is -11.4. The van der Waals surface area contributed by atoms with E-state index in [0.717, 1.165) is 12.2 Å². The van der Waals surface area contributed by atoms with Crippen molar-refractivity contribution in [1.82, 2.24) is 0 Å². The van der Waals surface area contributed by atoms with Gasteiger partial charge in [0, 0.05) is 12.3 Å². The highest BCUT2D eigenvalue weighted by atomic mass is 16.7. The highest BCUT2D eigenvalue weighted by Crippen LogP contribution is 2.34. The minimum atomic E-state index is -3.75. The molecule has 1 saturated heterocycles. The summed E-state index contributed by atoms with van der Waals surface area (Å²) < 4.78 is 92.8. The van der Waals surface area contributed by atoms with E-state index in [1.165, 1.54) is 18.2 Å². The van der Waals surface area contributed by atoms with Crippen molar-refractivity contribution in [3.05, 3.63) is 29.8 Å². The van der Waals surface area contributed by atoms with Gasteiger partial charge in [0.1, 0.15) is 18.3 Å². The first-order valence-electron chi connectivity index (χ1n) is 13.0. The van der Waals surface area contributed by atoms with Crippen molar-refractivity contribution in [1.29, 1.82) is 0 Å². The van der Waals surface area contributed by atoms with Crippen LogP contribution in [-0.2, 0) is 14.3 Å². The van der Waals surface area contributed by atoms with Crippen LogP contribution in [0.15, 0.2) is 24.3 Å². The smallest absolute Gasteiger partial charge is 0.335 e. The van der Waals surface area contributed by atoms with Gasteiger partial charge >= 0.3 is 5.97 Å². The van der Waals surface area contributed by atoms with Gasteiger partial charge in [0.05, 0.1) is 6.10 Å². The number of carboxylic acid groups (broad SMARTS) is 1. The molecule has 1 aromatic carbocycles. The molecule has 6 atom stereocenters. The Hall–Kier alpha value is -2.17. The number of aliphatic hydroxyl groups is 3. The summed E-state index contributed by atoms with van der Waals surface area (Å²) in [5.41, 5.74) is -3.36. The van der Waals surface area contributed by atoms with E-state index in [0.29, 0.717) is 11.5 Å². The van der Waals surface area contributed by atoms with E-state index in [4.69, 9.17) is 31.3 Å². The summed E-state index contributed by atoms with van der Waals surface area (Å²) >= 11 is 0. The number of rotatable bonds is 5. The minimum absolute atomic E-state index is 0.0652. The Morgan fingerprint density at radius 2 is 1.93 bits per heavy atom. The molecule has 0 aliphatic carbocycles. The molecule has 2 heterocycles. The van der Waals surface area contributed by atoms with Gasteiger partial charge in [0.15, 0.2) is 23.9 Å². The number of hydrogen-bond acceptors (Lipinski definition) is 8. The highest BCUT2D eigenvalue weighted by Gasteiger charge is 2.48. The predicted molar refractivity (Wildman–Crippen MR) is 100 cm³/mol. The van der Waals surface area contributed by atoms with Gasteiger partial charge in [0.2, 0.25) is 6.79 Å². The quantitative estimate of drug-likeness (QED) is 0.545. The summed E-state index contributed by atoms with van der Waals surface area (Å²) in [5.74, 6) is -1.10. The van der Waals surface area contributed by atoms with E-state index in [2.05, 4.69) is 0 Å². The summed E-state index contributed by atoms with van der Waals surface area (Å²) in [5, 5.41) is 39.8. The van der Waals surface area contributed by atoms with Gasteiger partial charge in [-0.3, -0.25) is 0 Å². The van der Waals surface area contributed by atoms with Gasteiger partial charge in [-0.05, 0) is 23.1 Å². The van der Waals surface area contributed by atoms with Crippen LogP contribution in [0, 0.1) is 5.41 Å². The first-order valence-corrected chi connectivity index (χ1v) is 8.48. The Morgan fingerprint density at radius 1 is 1.21 bits per heavy atom. The maximum absolute atomic E-state index is 11.5.